The van der Waals surface area contributed by atoms with E-state index in [1.807, 2.05) is 4.72 Å². The van der Waals surface area contributed by atoms with Crippen molar-refractivity contribution in [2.45, 2.75) is 11.1 Å². The van der Waals surface area contributed by atoms with Crippen molar-refractivity contribution in [3.05, 3.63) is 45.0 Å². The first kappa shape index (κ1) is 15.2. The van der Waals surface area contributed by atoms with E-state index < -0.39 is 15.9 Å². The quantitative estimate of drug-likeness (QED) is 0.923. The van der Waals surface area contributed by atoms with E-state index in [0.717, 1.165) is 11.3 Å². The van der Waals surface area contributed by atoms with Crippen LogP contribution in [0.25, 0.3) is 0 Å². The van der Waals surface area contributed by atoms with Crippen LogP contribution in [0.2, 0.25) is 10.0 Å². The van der Waals surface area contributed by atoms with Crippen LogP contribution in [0, 0.1) is 6.92 Å². The van der Waals surface area contributed by atoms with Crippen LogP contribution in [-0.4, -0.2) is 19.3 Å². The standard InChI is InChI=1S/C11H8Cl2N2O3S2/c1-6-14-5-10(19-6)20(17,18)15-11(16)8-3-2-7(12)4-9(8)13/h2-5H,1H3,(H,15,16). The number of amides is 1. The number of aryl methyl sites for hydroxylation is 1. The summed E-state index contributed by atoms with van der Waals surface area (Å²) in [6, 6.07) is 4.17. The smallest absolute Gasteiger partial charge is 0.268 e. The molecule has 1 aromatic carbocycles. The molecule has 0 unspecified atom stereocenters. The number of halogens is 2. The van der Waals surface area contributed by atoms with E-state index >= 15 is 0 Å². The summed E-state index contributed by atoms with van der Waals surface area (Å²) in [5, 5.41) is 1.01. The molecular weight excluding hydrogens is 343 g/mol. The number of thiazole rings is 1. The molecule has 9 heteroatoms. The molecule has 0 atom stereocenters. The third kappa shape index (κ3) is 3.29. The van der Waals surface area contributed by atoms with Crippen LogP contribution in [0.3, 0.4) is 0 Å². The van der Waals surface area contributed by atoms with E-state index in [4.69, 9.17) is 23.2 Å². The minimum absolute atomic E-state index is 0.0286. The van der Waals surface area contributed by atoms with Crippen molar-refractivity contribution in [1.82, 2.24) is 9.71 Å². The molecule has 1 N–H and O–H groups in total. The van der Waals surface area contributed by atoms with Gasteiger partial charge in [0.25, 0.3) is 15.9 Å². The van der Waals surface area contributed by atoms with Gasteiger partial charge in [0.1, 0.15) is 0 Å². The zero-order valence-corrected chi connectivity index (χ0v) is 13.2. The Morgan fingerprint density at radius 1 is 1.35 bits per heavy atom. The number of aromatic nitrogens is 1. The second kappa shape index (κ2) is 5.69. The van der Waals surface area contributed by atoms with E-state index in [9.17, 15) is 13.2 Å². The molecule has 0 radical (unpaired) electrons. The van der Waals surface area contributed by atoms with Crippen molar-refractivity contribution in [1.29, 1.82) is 0 Å². The Hall–Kier alpha value is -1.15. The van der Waals surface area contributed by atoms with Crippen LogP contribution >= 0.6 is 34.5 Å². The second-order valence-corrected chi connectivity index (χ2v) is 7.74. The zero-order valence-electron chi connectivity index (χ0n) is 10.1. The average molecular weight is 351 g/mol. The number of nitrogens with zero attached hydrogens (tertiary/aromatic N) is 1. The monoisotopic (exact) mass is 350 g/mol. The number of nitrogens with one attached hydrogen (secondary N) is 1. The molecule has 0 saturated carbocycles. The Bertz CT molecular complexity index is 772. The topological polar surface area (TPSA) is 76.1 Å². The molecule has 2 aromatic rings. The third-order valence-electron chi connectivity index (χ3n) is 2.27. The van der Waals surface area contributed by atoms with Gasteiger partial charge in [-0.15, -0.1) is 11.3 Å². The van der Waals surface area contributed by atoms with Crippen LogP contribution in [-0.2, 0) is 10.0 Å². The van der Waals surface area contributed by atoms with Gasteiger partial charge in [-0.1, -0.05) is 23.2 Å². The van der Waals surface area contributed by atoms with Crippen molar-refractivity contribution in [3.63, 3.8) is 0 Å². The molecule has 1 amide bonds. The van der Waals surface area contributed by atoms with Crippen LogP contribution < -0.4 is 4.72 Å². The fourth-order valence-electron chi connectivity index (χ4n) is 1.37. The molecule has 0 fully saturated rings. The zero-order chi connectivity index (χ0) is 14.9. The van der Waals surface area contributed by atoms with Gasteiger partial charge in [0, 0.05) is 5.02 Å². The largest absolute Gasteiger partial charge is 0.275 e. The average Bonchev–Trinajstić information content (AvgIpc) is 2.75. The van der Waals surface area contributed by atoms with Crippen LogP contribution in [0.15, 0.2) is 28.6 Å². The molecule has 20 heavy (non-hydrogen) atoms. The summed E-state index contributed by atoms with van der Waals surface area (Å²) in [6.45, 7) is 1.67. The first-order chi connectivity index (χ1) is 9.29. The maximum Gasteiger partial charge on any atom is 0.275 e. The van der Waals surface area contributed by atoms with Gasteiger partial charge in [-0.2, -0.15) is 0 Å². The summed E-state index contributed by atoms with van der Waals surface area (Å²) in [7, 11) is -3.95. The molecule has 0 bridgehead atoms. The molecule has 0 saturated heterocycles. The summed E-state index contributed by atoms with van der Waals surface area (Å²) in [6.07, 6.45) is 1.19. The van der Waals surface area contributed by atoms with E-state index in [1.54, 1.807) is 6.92 Å². The maximum absolute atomic E-state index is 12.0. The Morgan fingerprint density at radius 2 is 2.05 bits per heavy atom. The van der Waals surface area contributed by atoms with E-state index in [1.165, 1.54) is 24.4 Å². The van der Waals surface area contributed by atoms with Gasteiger partial charge < -0.3 is 0 Å². The van der Waals surface area contributed by atoms with Crippen LogP contribution in [0.5, 0.6) is 0 Å². The number of carbonyl (C=O) groups excluding carboxylic acids is 1. The van der Waals surface area contributed by atoms with Crippen molar-refractivity contribution >= 4 is 50.5 Å². The maximum atomic E-state index is 12.0. The molecule has 106 valence electrons. The highest BCUT2D eigenvalue weighted by Crippen LogP contribution is 2.22. The molecular formula is C11H8Cl2N2O3S2. The van der Waals surface area contributed by atoms with Gasteiger partial charge in [0.2, 0.25) is 0 Å². The van der Waals surface area contributed by atoms with E-state index in [-0.39, 0.29) is 14.8 Å². The van der Waals surface area contributed by atoms with Crippen LogP contribution in [0.1, 0.15) is 15.4 Å². The normalized spacial score (nSPS) is 11.3. The lowest BCUT2D eigenvalue weighted by Gasteiger charge is -2.06. The van der Waals surface area contributed by atoms with Crippen LogP contribution in [0.4, 0.5) is 0 Å². The molecule has 0 aliphatic carbocycles. The van der Waals surface area contributed by atoms with E-state index in [0.29, 0.717) is 10.0 Å². The van der Waals surface area contributed by atoms with Crippen molar-refractivity contribution in [3.8, 4) is 0 Å². The number of rotatable bonds is 3. The highest BCUT2D eigenvalue weighted by Gasteiger charge is 2.22. The van der Waals surface area contributed by atoms with E-state index in [2.05, 4.69) is 4.98 Å². The molecule has 5 nitrogen and oxygen atoms in total. The molecule has 1 aromatic heterocycles. The summed E-state index contributed by atoms with van der Waals surface area (Å²) >= 11 is 12.5. The SMILES string of the molecule is Cc1ncc(S(=O)(=O)NC(=O)c2ccc(Cl)cc2Cl)s1. The lowest BCUT2D eigenvalue weighted by molar-refractivity contribution is 0.0981. The summed E-state index contributed by atoms with van der Waals surface area (Å²) in [4.78, 5) is 15.8. The molecule has 0 aliphatic rings. The number of benzene rings is 1. The lowest BCUT2D eigenvalue weighted by atomic mass is 10.2. The Labute approximate surface area is 129 Å². The third-order valence-corrected chi connectivity index (χ3v) is 5.52. The van der Waals surface area contributed by atoms with Gasteiger partial charge >= 0.3 is 0 Å². The minimum atomic E-state index is -3.95. The van der Waals surface area contributed by atoms with Crippen molar-refractivity contribution in [2.24, 2.45) is 0 Å². The number of hydrogen-bond acceptors (Lipinski definition) is 5. The Kier molecular flexibility index (Phi) is 4.33. The highest BCUT2D eigenvalue weighted by atomic mass is 35.5. The fourth-order valence-corrected chi connectivity index (χ4v) is 3.94. The van der Waals surface area contributed by atoms with Crippen molar-refractivity contribution < 1.29 is 13.2 Å². The summed E-state index contributed by atoms with van der Waals surface area (Å²) in [5.41, 5.74) is 0.0286. The first-order valence-corrected chi connectivity index (χ1v) is 8.30. The minimum Gasteiger partial charge on any atom is -0.268 e. The molecule has 0 spiro atoms. The van der Waals surface area contributed by atoms with Gasteiger partial charge in [-0.05, 0) is 25.1 Å². The predicted octanol–water partition coefficient (Wildman–Crippen LogP) is 2.88. The van der Waals surface area contributed by atoms with Gasteiger partial charge in [0.15, 0.2) is 4.21 Å². The number of sulfonamides is 1. The Morgan fingerprint density at radius 3 is 2.60 bits per heavy atom. The first-order valence-electron chi connectivity index (χ1n) is 5.24. The lowest BCUT2D eigenvalue weighted by Crippen LogP contribution is -2.30. The van der Waals surface area contributed by atoms with Gasteiger partial charge in [-0.3, -0.25) is 4.79 Å². The molecule has 2 rings (SSSR count). The summed E-state index contributed by atoms with van der Waals surface area (Å²) < 4.78 is 25.9. The van der Waals surface area contributed by atoms with Gasteiger partial charge in [0.05, 0.1) is 21.8 Å². The highest BCUT2D eigenvalue weighted by molar-refractivity contribution is 7.92. The fraction of sp³-hybridized carbons (Fsp3) is 0.0909. The number of carbonyl (C=O) groups is 1. The molecule has 1 heterocycles. The predicted molar refractivity (Wildman–Crippen MR) is 78.0 cm³/mol. The number of hydrogen-bond donors (Lipinski definition) is 1. The van der Waals surface area contributed by atoms with Crippen molar-refractivity contribution in [2.75, 3.05) is 0 Å². The summed E-state index contributed by atoms with van der Waals surface area (Å²) in [5.74, 6) is -0.822. The molecule has 0 aliphatic heterocycles. The van der Waals surface area contributed by atoms with Gasteiger partial charge in [-0.25, -0.2) is 18.1 Å². The second-order valence-electron chi connectivity index (χ2n) is 3.76. The Balaban J connectivity index is 2.27.